The second-order valence-corrected chi connectivity index (χ2v) is 4.92. The van der Waals surface area contributed by atoms with E-state index in [9.17, 15) is 4.79 Å². The lowest BCUT2D eigenvalue weighted by Crippen LogP contribution is -2.02. The number of ether oxygens (including phenoxy) is 2. The van der Waals surface area contributed by atoms with Crippen LogP contribution in [0.25, 0.3) is 0 Å². The topological polar surface area (TPSA) is 55.8 Å². The average Bonchev–Trinajstić information content (AvgIpc) is 2.35. The van der Waals surface area contributed by atoms with Crippen molar-refractivity contribution in [1.82, 2.24) is 0 Å². The zero-order chi connectivity index (χ0) is 13.7. The molecule has 0 saturated carbocycles. The third-order valence-corrected chi connectivity index (χ3v) is 3.51. The van der Waals surface area contributed by atoms with Gasteiger partial charge in [0, 0.05) is 10.9 Å². The number of carboxylic acids is 1. The lowest BCUT2D eigenvalue weighted by Gasteiger charge is -2.16. The van der Waals surface area contributed by atoms with Crippen LogP contribution in [-0.4, -0.2) is 25.3 Å². The number of rotatable bonds is 6. The van der Waals surface area contributed by atoms with E-state index in [0.29, 0.717) is 17.9 Å². The molecule has 0 fully saturated rings. The Morgan fingerprint density at radius 3 is 2.39 bits per heavy atom. The van der Waals surface area contributed by atoms with Gasteiger partial charge in [0.25, 0.3) is 0 Å². The minimum Gasteiger partial charge on any atom is -0.493 e. The fourth-order valence-electron chi connectivity index (χ4n) is 1.74. The van der Waals surface area contributed by atoms with Crippen LogP contribution in [0.2, 0.25) is 0 Å². The van der Waals surface area contributed by atoms with Crippen LogP contribution >= 0.6 is 15.9 Å². The van der Waals surface area contributed by atoms with Gasteiger partial charge in [0.2, 0.25) is 0 Å². The van der Waals surface area contributed by atoms with Crippen molar-refractivity contribution in [1.29, 1.82) is 0 Å². The zero-order valence-electron chi connectivity index (χ0n) is 10.7. The number of benzene rings is 1. The van der Waals surface area contributed by atoms with Gasteiger partial charge < -0.3 is 14.6 Å². The van der Waals surface area contributed by atoms with Crippen LogP contribution in [-0.2, 0) is 4.79 Å². The molecule has 0 bridgehead atoms. The lowest BCUT2D eigenvalue weighted by molar-refractivity contribution is -0.137. The first kappa shape index (κ1) is 14.8. The fraction of sp³-hybridized carbons (Fsp3) is 0.462. The maximum absolute atomic E-state index is 10.6. The normalized spacial score (nSPS) is 12.0. The van der Waals surface area contributed by atoms with E-state index in [2.05, 4.69) is 15.9 Å². The molecule has 4 nitrogen and oxygen atoms in total. The van der Waals surface area contributed by atoms with E-state index in [1.807, 2.05) is 19.1 Å². The molecule has 0 spiro atoms. The Morgan fingerprint density at radius 2 is 1.89 bits per heavy atom. The van der Waals surface area contributed by atoms with Gasteiger partial charge in [-0.15, -0.1) is 0 Å². The smallest absolute Gasteiger partial charge is 0.303 e. The standard InChI is InChI=1S/C13H17BrO4/c1-8(4-5-13(15)16)9-6-11(17-2)12(18-3)7-10(9)14/h6-8H,4-5H2,1-3H3,(H,15,16). The van der Waals surface area contributed by atoms with Crippen LogP contribution in [0.3, 0.4) is 0 Å². The number of aliphatic carboxylic acids is 1. The van der Waals surface area contributed by atoms with Gasteiger partial charge in [-0.3, -0.25) is 4.79 Å². The van der Waals surface area contributed by atoms with E-state index < -0.39 is 5.97 Å². The molecule has 5 heteroatoms. The SMILES string of the molecule is COc1cc(Br)c(C(C)CCC(=O)O)cc1OC. The van der Waals surface area contributed by atoms with Crippen molar-refractivity contribution in [3.8, 4) is 11.5 Å². The monoisotopic (exact) mass is 316 g/mol. The summed E-state index contributed by atoms with van der Waals surface area (Å²) in [7, 11) is 3.16. The predicted molar refractivity (Wildman–Crippen MR) is 72.5 cm³/mol. The molecule has 18 heavy (non-hydrogen) atoms. The molecule has 0 radical (unpaired) electrons. The van der Waals surface area contributed by atoms with Crippen LogP contribution in [0.4, 0.5) is 0 Å². The van der Waals surface area contributed by atoms with Gasteiger partial charge in [0.1, 0.15) is 0 Å². The van der Waals surface area contributed by atoms with Gasteiger partial charge in [-0.1, -0.05) is 22.9 Å². The number of carboxylic acid groups (broad SMARTS) is 1. The van der Waals surface area contributed by atoms with E-state index in [-0.39, 0.29) is 12.3 Å². The average molecular weight is 317 g/mol. The molecular formula is C13H17BrO4. The number of hydrogen-bond acceptors (Lipinski definition) is 3. The highest BCUT2D eigenvalue weighted by atomic mass is 79.9. The summed E-state index contributed by atoms with van der Waals surface area (Å²) < 4.78 is 11.3. The quantitative estimate of drug-likeness (QED) is 0.873. The molecule has 0 aliphatic heterocycles. The van der Waals surface area contributed by atoms with Crippen molar-refractivity contribution < 1.29 is 19.4 Å². The van der Waals surface area contributed by atoms with Crippen LogP contribution in [0.15, 0.2) is 16.6 Å². The van der Waals surface area contributed by atoms with Gasteiger partial charge in [-0.25, -0.2) is 0 Å². The van der Waals surface area contributed by atoms with Crippen LogP contribution in [0.1, 0.15) is 31.2 Å². The maximum Gasteiger partial charge on any atom is 0.303 e. The Hall–Kier alpha value is -1.23. The summed E-state index contributed by atoms with van der Waals surface area (Å²) in [6, 6.07) is 3.72. The summed E-state index contributed by atoms with van der Waals surface area (Å²) in [4.78, 5) is 10.6. The molecule has 1 N–H and O–H groups in total. The molecule has 1 rings (SSSR count). The zero-order valence-corrected chi connectivity index (χ0v) is 12.3. The van der Waals surface area contributed by atoms with Crippen molar-refractivity contribution in [3.05, 3.63) is 22.2 Å². The molecular weight excluding hydrogens is 300 g/mol. The number of hydrogen-bond donors (Lipinski definition) is 1. The summed E-state index contributed by atoms with van der Waals surface area (Å²) in [5, 5.41) is 8.71. The molecule has 0 aromatic heterocycles. The minimum atomic E-state index is -0.779. The number of methoxy groups -OCH3 is 2. The number of carbonyl (C=O) groups is 1. The largest absolute Gasteiger partial charge is 0.493 e. The third-order valence-electron chi connectivity index (χ3n) is 2.83. The van der Waals surface area contributed by atoms with Gasteiger partial charge >= 0.3 is 5.97 Å². The highest BCUT2D eigenvalue weighted by molar-refractivity contribution is 9.10. The third kappa shape index (κ3) is 3.63. The van der Waals surface area contributed by atoms with E-state index in [0.717, 1.165) is 10.0 Å². The van der Waals surface area contributed by atoms with Gasteiger partial charge in [-0.05, 0) is 30.0 Å². The Balaban J connectivity index is 2.97. The number of halogens is 1. The van der Waals surface area contributed by atoms with Crippen molar-refractivity contribution in [2.75, 3.05) is 14.2 Å². The highest BCUT2D eigenvalue weighted by Crippen LogP contribution is 2.37. The minimum absolute atomic E-state index is 0.135. The van der Waals surface area contributed by atoms with Crippen molar-refractivity contribution >= 4 is 21.9 Å². The highest BCUT2D eigenvalue weighted by Gasteiger charge is 2.15. The first-order valence-electron chi connectivity index (χ1n) is 5.62. The van der Waals surface area contributed by atoms with E-state index in [1.165, 1.54) is 0 Å². The van der Waals surface area contributed by atoms with Crippen molar-refractivity contribution in [3.63, 3.8) is 0 Å². The molecule has 0 amide bonds. The van der Waals surface area contributed by atoms with Gasteiger partial charge in [0.15, 0.2) is 11.5 Å². The Kier molecular flexibility index (Phi) is 5.47. The van der Waals surface area contributed by atoms with Gasteiger partial charge in [0.05, 0.1) is 14.2 Å². The fourth-order valence-corrected chi connectivity index (χ4v) is 2.46. The maximum atomic E-state index is 10.6. The molecule has 1 unspecified atom stereocenters. The first-order valence-corrected chi connectivity index (χ1v) is 6.42. The van der Waals surface area contributed by atoms with E-state index >= 15 is 0 Å². The summed E-state index contributed by atoms with van der Waals surface area (Å²) >= 11 is 3.48. The molecule has 1 atom stereocenters. The lowest BCUT2D eigenvalue weighted by atomic mass is 9.96. The van der Waals surface area contributed by atoms with E-state index in [1.54, 1.807) is 14.2 Å². The predicted octanol–water partition coefficient (Wildman–Crippen LogP) is 3.43. The molecule has 1 aromatic carbocycles. The summed E-state index contributed by atoms with van der Waals surface area (Å²) in [5.74, 6) is 0.658. The Bertz CT molecular complexity index is 431. The Morgan fingerprint density at radius 1 is 1.33 bits per heavy atom. The van der Waals surface area contributed by atoms with Crippen LogP contribution in [0.5, 0.6) is 11.5 Å². The second-order valence-electron chi connectivity index (χ2n) is 4.06. The van der Waals surface area contributed by atoms with Crippen LogP contribution in [0, 0.1) is 0 Å². The molecule has 0 heterocycles. The van der Waals surface area contributed by atoms with Gasteiger partial charge in [-0.2, -0.15) is 0 Å². The van der Waals surface area contributed by atoms with Crippen molar-refractivity contribution in [2.45, 2.75) is 25.7 Å². The summed E-state index contributed by atoms with van der Waals surface area (Å²) in [5.41, 5.74) is 1.02. The molecule has 0 aliphatic carbocycles. The Labute approximate surface area is 115 Å². The first-order chi connectivity index (χ1) is 8.49. The summed E-state index contributed by atoms with van der Waals surface area (Å²) in [6.45, 7) is 1.99. The summed E-state index contributed by atoms with van der Waals surface area (Å²) in [6.07, 6.45) is 0.741. The second kappa shape index (κ2) is 6.64. The molecule has 0 saturated heterocycles. The van der Waals surface area contributed by atoms with Crippen LogP contribution < -0.4 is 9.47 Å². The molecule has 100 valence electrons. The molecule has 0 aliphatic rings. The van der Waals surface area contributed by atoms with E-state index in [4.69, 9.17) is 14.6 Å². The molecule has 1 aromatic rings. The van der Waals surface area contributed by atoms with Crippen molar-refractivity contribution in [2.24, 2.45) is 0 Å².